The maximum Gasteiger partial charge on any atom is 0.266 e. The Morgan fingerprint density at radius 3 is 2.53 bits per heavy atom. The van der Waals surface area contributed by atoms with Crippen LogP contribution in [0.25, 0.3) is 6.08 Å². The SMILES string of the molecule is COCCN1C(=O)/C(=C/c2ccc(OCC#N)c(OC)c2)SC1=Nc1ccc(OC)cc1. The highest BCUT2D eigenvalue weighted by atomic mass is 32.2. The Labute approximate surface area is 191 Å². The van der Waals surface area contributed by atoms with Crippen molar-refractivity contribution in [1.29, 1.82) is 5.26 Å². The van der Waals surface area contributed by atoms with Gasteiger partial charge in [-0.1, -0.05) is 6.07 Å². The van der Waals surface area contributed by atoms with Crippen molar-refractivity contribution in [2.24, 2.45) is 4.99 Å². The largest absolute Gasteiger partial charge is 0.497 e. The molecule has 2 aromatic rings. The zero-order valence-electron chi connectivity index (χ0n) is 18.0. The molecule has 1 aliphatic rings. The van der Waals surface area contributed by atoms with E-state index in [2.05, 4.69) is 4.99 Å². The highest BCUT2D eigenvalue weighted by Crippen LogP contribution is 2.36. The van der Waals surface area contributed by atoms with Gasteiger partial charge in [0.05, 0.1) is 38.0 Å². The first-order valence-electron chi connectivity index (χ1n) is 9.70. The fourth-order valence-corrected chi connectivity index (χ4v) is 3.92. The van der Waals surface area contributed by atoms with E-state index < -0.39 is 0 Å². The average Bonchev–Trinajstić information content (AvgIpc) is 3.10. The Hall–Kier alpha value is -3.48. The normalized spacial score (nSPS) is 15.8. The number of amides is 1. The number of hydrogen-bond donors (Lipinski definition) is 0. The summed E-state index contributed by atoms with van der Waals surface area (Å²) in [5.74, 6) is 1.53. The van der Waals surface area contributed by atoms with Gasteiger partial charge in [0.2, 0.25) is 0 Å². The Morgan fingerprint density at radius 1 is 1.09 bits per heavy atom. The first-order valence-corrected chi connectivity index (χ1v) is 10.5. The number of rotatable bonds is 9. The monoisotopic (exact) mass is 453 g/mol. The molecule has 8 nitrogen and oxygen atoms in total. The second-order valence-corrected chi connectivity index (χ2v) is 7.52. The van der Waals surface area contributed by atoms with Crippen LogP contribution < -0.4 is 14.2 Å². The smallest absolute Gasteiger partial charge is 0.266 e. The number of carbonyl (C=O) groups excluding carboxylic acids is 1. The van der Waals surface area contributed by atoms with Gasteiger partial charge in [0.15, 0.2) is 23.3 Å². The average molecular weight is 454 g/mol. The maximum absolute atomic E-state index is 13.1. The van der Waals surface area contributed by atoms with E-state index in [4.69, 9.17) is 24.2 Å². The summed E-state index contributed by atoms with van der Waals surface area (Å²) in [7, 11) is 4.72. The molecule has 0 radical (unpaired) electrons. The molecule has 9 heteroatoms. The molecule has 1 aliphatic heterocycles. The van der Waals surface area contributed by atoms with E-state index in [0.717, 1.165) is 11.3 Å². The first-order chi connectivity index (χ1) is 15.6. The van der Waals surface area contributed by atoms with Crippen molar-refractivity contribution in [3.8, 4) is 23.3 Å². The lowest BCUT2D eigenvalue weighted by molar-refractivity contribution is -0.122. The van der Waals surface area contributed by atoms with E-state index in [0.29, 0.717) is 40.4 Å². The number of thioether (sulfide) groups is 1. The molecule has 0 atom stereocenters. The van der Waals surface area contributed by atoms with Crippen molar-refractivity contribution in [1.82, 2.24) is 4.90 Å². The maximum atomic E-state index is 13.1. The van der Waals surface area contributed by atoms with Crippen LogP contribution in [0, 0.1) is 11.3 Å². The number of carbonyl (C=O) groups is 1. The summed E-state index contributed by atoms with van der Waals surface area (Å²) < 4.78 is 21.1. The second-order valence-electron chi connectivity index (χ2n) is 6.51. The molecule has 166 valence electrons. The van der Waals surface area contributed by atoms with Crippen LogP contribution in [-0.2, 0) is 9.53 Å². The van der Waals surface area contributed by atoms with Gasteiger partial charge in [-0.3, -0.25) is 9.69 Å². The van der Waals surface area contributed by atoms with Crippen molar-refractivity contribution in [3.05, 3.63) is 52.9 Å². The van der Waals surface area contributed by atoms with Crippen LogP contribution in [0.4, 0.5) is 5.69 Å². The van der Waals surface area contributed by atoms with Crippen LogP contribution in [0.3, 0.4) is 0 Å². The molecule has 0 spiro atoms. The lowest BCUT2D eigenvalue weighted by Crippen LogP contribution is -2.32. The molecular formula is C23H23N3O5S. The molecule has 0 bridgehead atoms. The number of benzene rings is 2. The van der Waals surface area contributed by atoms with Crippen molar-refractivity contribution in [2.75, 3.05) is 41.1 Å². The number of hydrogen-bond acceptors (Lipinski definition) is 8. The number of amidine groups is 1. The molecule has 32 heavy (non-hydrogen) atoms. The van der Waals surface area contributed by atoms with Crippen LogP contribution in [0.2, 0.25) is 0 Å². The highest BCUT2D eigenvalue weighted by molar-refractivity contribution is 8.18. The molecule has 1 heterocycles. The van der Waals surface area contributed by atoms with Crippen LogP contribution >= 0.6 is 11.8 Å². The van der Waals surface area contributed by atoms with Gasteiger partial charge in [0, 0.05) is 7.11 Å². The van der Waals surface area contributed by atoms with Gasteiger partial charge in [0.1, 0.15) is 11.8 Å². The lowest BCUT2D eigenvalue weighted by atomic mass is 10.2. The van der Waals surface area contributed by atoms with Crippen LogP contribution in [0.1, 0.15) is 5.56 Å². The minimum absolute atomic E-state index is 0.0786. The molecule has 3 rings (SSSR count). The summed E-state index contributed by atoms with van der Waals surface area (Å²) in [6, 6.07) is 14.5. The minimum Gasteiger partial charge on any atom is -0.497 e. The van der Waals surface area contributed by atoms with Crippen LogP contribution in [-0.4, -0.2) is 57.1 Å². The van der Waals surface area contributed by atoms with Gasteiger partial charge in [-0.2, -0.15) is 5.26 Å². The van der Waals surface area contributed by atoms with E-state index in [1.54, 1.807) is 43.4 Å². The second kappa shape index (κ2) is 11.2. The lowest BCUT2D eigenvalue weighted by Gasteiger charge is -2.14. The molecule has 1 saturated heterocycles. The number of aliphatic imine (C=N–C) groups is 1. The fourth-order valence-electron chi connectivity index (χ4n) is 2.89. The Kier molecular flexibility index (Phi) is 8.14. The van der Waals surface area contributed by atoms with Crippen LogP contribution in [0.15, 0.2) is 52.4 Å². The number of nitrogens with zero attached hydrogens (tertiary/aromatic N) is 3. The summed E-state index contributed by atoms with van der Waals surface area (Å²) in [6.45, 7) is 0.698. The Morgan fingerprint density at radius 2 is 1.88 bits per heavy atom. The summed E-state index contributed by atoms with van der Waals surface area (Å²) in [4.78, 5) is 19.8. The van der Waals surface area contributed by atoms with E-state index in [9.17, 15) is 4.79 Å². The summed E-state index contributed by atoms with van der Waals surface area (Å²) in [5, 5.41) is 9.28. The predicted molar refractivity (Wildman–Crippen MR) is 123 cm³/mol. The zero-order chi connectivity index (χ0) is 22.9. The van der Waals surface area contributed by atoms with E-state index in [1.807, 2.05) is 30.3 Å². The quantitative estimate of drug-likeness (QED) is 0.532. The Balaban J connectivity index is 1.89. The number of ether oxygens (including phenoxy) is 4. The van der Waals surface area contributed by atoms with Gasteiger partial charge in [-0.15, -0.1) is 0 Å². The van der Waals surface area contributed by atoms with Gasteiger partial charge in [-0.05, 0) is 59.8 Å². The third-order valence-electron chi connectivity index (χ3n) is 4.48. The third-order valence-corrected chi connectivity index (χ3v) is 5.49. The standard InChI is InChI=1S/C23H23N3O5S/c1-28-13-11-26-22(27)21(32-23(26)25-17-5-7-18(29-2)8-6-17)15-16-4-9-19(31-12-10-24)20(14-16)30-3/h4-9,14-15H,11-13H2,1-3H3/b21-15-,25-23?. The molecule has 1 amide bonds. The van der Waals surface area contributed by atoms with E-state index in [-0.39, 0.29) is 12.5 Å². The predicted octanol–water partition coefficient (Wildman–Crippen LogP) is 3.86. The van der Waals surface area contributed by atoms with Crippen molar-refractivity contribution >= 4 is 34.6 Å². The van der Waals surface area contributed by atoms with Gasteiger partial charge < -0.3 is 18.9 Å². The molecule has 0 unspecified atom stereocenters. The summed E-state index contributed by atoms with van der Waals surface area (Å²) in [5.41, 5.74) is 1.48. The van der Waals surface area contributed by atoms with E-state index >= 15 is 0 Å². The summed E-state index contributed by atoms with van der Waals surface area (Å²) >= 11 is 1.29. The van der Waals surface area contributed by atoms with Gasteiger partial charge >= 0.3 is 0 Å². The first kappa shape index (κ1) is 23.2. The third kappa shape index (κ3) is 5.60. The molecular weight excluding hydrogens is 430 g/mol. The number of methoxy groups -OCH3 is 3. The van der Waals surface area contributed by atoms with Crippen molar-refractivity contribution < 1.29 is 23.7 Å². The minimum atomic E-state index is -0.150. The molecule has 0 aliphatic carbocycles. The topological polar surface area (TPSA) is 93.4 Å². The highest BCUT2D eigenvalue weighted by Gasteiger charge is 2.33. The number of nitriles is 1. The Bertz CT molecular complexity index is 1060. The van der Waals surface area contributed by atoms with Crippen molar-refractivity contribution in [2.45, 2.75) is 0 Å². The molecule has 2 aromatic carbocycles. The van der Waals surface area contributed by atoms with Crippen LogP contribution in [0.5, 0.6) is 17.2 Å². The van der Waals surface area contributed by atoms with Gasteiger partial charge in [-0.25, -0.2) is 4.99 Å². The fraction of sp³-hybridized carbons (Fsp3) is 0.261. The summed E-state index contributed by atoms with van der Waals surface area (Å²) in [6.07, 6.45) is 1.78. The molecule has 1 fully saturated rings. The van der Waals surface area contributed by atoms with Gasteiger partial charge in [0.25, 0.3) is 5.91 Å². The van der Waals surface area contributed by atoms with E-state index in [1.165, 1.54) is 18.9 Å². The molecule has 0 N–H and O–H groups in total. The molecule has 0 aromatic heterocycles. The molecule has 0 saturated carbocycles. The van der Waals surface area contributed by atoms with Crippen molar-refractivity contribution in [3.63, 3.8) is 0 Å². The zero-order valence-corrected chi connectivity index (χ0v) is 18.8.